The highest BCUT2D eigenvalue weighted by molar-refractivity contribution is 6.01. The lowest BCUT2D eigenvalue weighted by Crippen LogP contribution is -2.33. The molecule has 1 atom stereocenters. The van der Waals surface area contributed by atoms with Crippen molar-refractivity contribution in [3.63, 3.8) is 0 Å². The molecule has 1 aromatic carbocycles. The fourth-order valence-corrected chi connectivity index (χ4v) is 3.30. The minimum Gasteiger partial charge on any atom is -0.484 e. The number of carbonyl (C=O) groups is 1. The summed E-state index contributed by atoms with van der Waals surface area (Å²) in [6.45, 7) is 3.92. The molecule has 0 bridgehead atoms. The number of nitro groups is 1. The van der Waals surface area contributed by atoms with Crippen molar-refractivity contribution >= 4 is 11.5 Å². The standard InChI is InChI=1S/C18H17N3O4/c1-18(2)7-13(22)15-14(8-18)25-17(12(9-19)16(15)20)10-4-3-5-11(6-10)21(23)24/h3-6,17H,7-8,20H2,1-2H3. The summed E-state index contributed by atoms with van der Waals surface area (Å²) in [6.07, 6.45) is -0.0139. The predicted molar refractivity (Wildman–Crippen MR) is 88.8 cm³/mol. The molecule has 1 heterocycles. The number of allylic oxidation sites excluding steroid dienone is 2. The molecule has 0 aromatic heterocycles. The Morgan fingerprint density at radius 3 is 2.76 bits per heavy atom. The fraction of sp³-hybridized carbons (Fsp3) is 0.333. The van der Waals surface area contributed by atoms with E-state index in [0.29, 0.717) is 24.2 Å². The molecule has 3 rings (SSSR count). The maximum atomic E-state index is 12.5. The summed E-state index contributed by atoms with van der Waals surface area (Å²) in [5.41, 5.74) is 6.69. The number of rotatable bonds is 2. The summed E-state index contributed by atoms with van der Waals surface area (Å²) in [5.74, 6) is 0.309. The van der Waals surface area contributed by atoms with Crippen LogP contribution in [0.25, 0.3) is 0 Å². The number of ether oxygens (including phenoxy) is 1. The second kappa shape index (κ2) is 5.74. The lowest BCUT2D eigenvalue weighted by molar-refractivity contribution is -0.385. The summed E-state index contributed by atoms with van der Waals surface area (Å²) in [4.78, 5) is 23.0. The van der Waals surface area contributed by atoms with Crippen molar-refractivity contribution in [2.75, 3.05) is 0 Å². The average Bonchev–Trinajstić information content (AvgIpc) is 2.53. The van der Waals surface area contributed by atoms with E-state index in [4.69, 9.17) is 10.5 Å². The molecule has 128 valence electrons. The van der Waals surface area contributed by atoms with Gasteiger partial charge >= 0.3 is 0 Å². The molecule has 7 heteroatoms. The molecular formula is C18H17N3O4. The summed E-state index contributed by atoms with van der Waals surface area (Å²) in [5, 5.41) is 20.5. The number of nitrogens with zero attached hydrogens (tertiary/aromatic N) is 2. The quantitative estimate of drug-likeness (QED) is 0.653. The number of hydrogen-bond donors (Lipinski definition) is 1. The first-order valence-corrected chi connectivity index (χ1v) is 7.81. The highest BCUT2D eigenvalue weighted by atomic mass is 16.6. The monoisotopic (exact) mass is 339 g/mol. The van der Waals surface area contributed by atoms with Gasteiger partial charge in [-0.3, -0.25) is 14.9 Å². The largest absolute Gasteiger partial charge is 0.484 e. The van der Waals surface area contributed by atoms with Gasteiger partial charge in [0.1, 0.15) is 11.8 Å². The normalized spacial score (nSPS) is 22.1. The van der Waals surface area contributed by atoms with Crippen LogP contribution in [0.4, 0.5) is 5.69 Å². The summed E-state index contributed by atoms with van der Waals surface area (Å²) < 4.78 is 5.97. The Balaban J connectivity index is 2.10. The fourth-order valence-electron chi connectivity index (χ4n) is 3.30. The zero-order valence-electron chi connectivity index (χ0n) is 13.9. The number of non-ortho nitro benzene ring substituents is 1. The number of benzene rings is 1. The minimum absolute atomic E-state index is 0.100. The maximum absolute atomic E-state index is 12.5. The minimum atomic E-state index is -0.856. The van der Waals surface area contributed by atoms with Gasteiger partial charge in [-0.25, -0.2) is 0 Å². The van der Waals surface area contributed by atoms with E-state index in [1.807, 2.05) is 19.9 Å². The van der Waals surface area contributed by atoms with Crippen LogP contribution in [-0.2, 0) is 9.53 Å². The molecule has 0 spiro atoms. The van der Waals surface area contributed by atoms with Gasteiger partial charge in [0, 0.05) is 30.5 Å². The van der Waals surface area contributed by atoms with Crippen LogP contribution in [-0.4, -0.2) is 10.7 Å². The third-order valence-corrected chi connectivity index (χ3v) is 4.42. The maximum Gasteiger partial charge on any atom is 0.269 e. The molecule has 0 saturated heterocycles. The van der Waals surface area contributed by atoms with E-state index in [-0.39, 0.29) is 33.7 Å². The van der Waals surface area contributed by atoms with Crippen molar-refractivity contribution < 1.29 is 14.5 Å². The van der Waals surface area contributed by atoms with Gasteiger partial charge in [0.2, 0.25) is 0 Å². The Bertz CT molecular complexity index is 890. The van der Waals surface area contributed by atoms with Crippen LogP contribution >= 0.6 is 0 Å². The first-order chi connectivity index (χ1) is 11.7. The van der Waals surface area contributed by atoms with Gasteiger partial charge in [0.15, 0.2) is 11.9 Å². The molecule has 1 aromatic rings. The number of nitro benzene ring substituents is 1. The van der Waals surface area contributed by atoms with Crippen molar-refractivity contribution in [1.29, 1.82) is 5.26 Å². The van der Waals surface area contributed by atoms with Crippen molar-refractivity contribution in [2.45, 2.75) is 32.8 Å². The van der Waals surface area contributed by atoms with E-state index >= 15 is 0 Å². The van der Waals surface area contributed by atoms with Crippen LogP contribution in [0.5, 0.6) is 0 Å². The second-order valence-electron chi connectivity index (χ2n) is 7.03. The lowest BCUT2D eigenvalue weighted by atomic mass is 9.74. The van der Waals surface area contributed by atoms with Crippen molar-refractivity contribution in [2.24, 2.45) is 11.1 Å². The molecule has 0 radical (unpaired) electrons. The highest BCUT2D eigenvalue weighted by Crippen LogP contribution is 2.46. The van der Waals surface area contributed by atoms with Crippen LogP contribution in [0.1, 0.15) is 38.4 Å². The van der Waals surface area contributed by atoms with Gasteiger partial charge < -0.3 is 10.5 Å². The van der Waals surface area contributed by atoms with E-state index in [9.17, 15) is 20.2 Å². The third-order valence-electron chi connectivity index (χ3n) is 4.42. The van der Waals surface area contributed by atoms with Gasteiger partial charge in [-0.2, -0.15) is 5.26 Å². The van der Waals surface area contributed by atoms with Crippen LogP contribution in [0.2, 0.25) is 0 Å². The number of Topliss-reactive ketones (excluding diaryl/α,β-unsaturated/α-hetero) is 1. The molecule has 1 aliphatic heterocycles. The van der Waals surface area contributed by atoms with Crippen molar-refractivity contribution in [3.8, 4) is 6.07 Å². The topological polar surface area (TPSA) is 119 Å². The number of ketones is 1. The molecule has 2 N–H and O–H groups in total. The van der Waals surface area contributed by atoms with Crippen LogP contribution in [0.3, 0.4) is 0 Å². The van der Waals surface area contributed by atoms with Crippen molar-refractivity contribution in [3.05, 3.63) is 62.5 Å². The molecule has 0 saturated carbocycles. The summed E-state index contributed by atoms with van der Waals surface area (Å²) in [7, 11) is 0. The van der Waals surface area contributed by atoms with E-state index in [0.717, 1.165) is 0 Å². The molecule has 1 unspecified atom stereocenters. The smallest absolute Gasteiger partial charge is 0.269 e. The predicted octanol–water partition coefficient (Wildman–Crippen LogP) is 3.05. The Kier molecular flexibility index (Phi) is 3.84. The average molecular weight is 339 g/mol. The highest BCUT2D eigenvalue weighted by Gasteiger charge is 2.41. The molecular weight excluding hydrogens is 322 g/mol. The summed E-state index contributed by atoms with van der Waals surface area (Å²) in [6, 6.07) is 7.89. The Morgan fingerprint density at radius 2 is 2.12 bits per heavy atom. The zero-order chi connectivity index (χ0) is 18.4. The third kappa shape index (κ3) is 2.87. The van der Waals surface area contributed by atoms with Gasteiger partial charge in [-0.1, -0.05) is 26.0 Å². The van der Waals surface area contributed by atoms with E-state index in [1.165, 1.54) is 18.2 Å². The van der Waals surface area contributed by atoms with Crippen LogP contribution in [0.15, 0.2) is 46.9 Å². The zero-order valence-corrected chi connectivity index (χ0v) is 13.9. The molecule has 7 nitrogen and oxygen atoms in total. The van der Waals surface area contributed by atoms with Crippen LogP contribution < -0.4 is 5.73 Å². The number of nitriles is 1. The Labute approximate surface area is 144 Å². The van der Waals surface area contributed by atoms with E-state index in [1.54, 1.807) is 6.07 Å². The molecule has 0 amide bonds. The van der Waals surface area contributed by atoms with Gasteiger partial charge in [-0.15, -0.1) is 0 Å². The van der Waals surface area contributed by atoms with E-state index < -0.39 is 11.0 Å². The molecule has 1 aliphatic carbocycles. The van der Waals surface area contributed by atoms with Crippen LogP contribution in [0, 0.1) is 26.9 Å². The Morgan fingerprint density at radius 1 is 1.40 bits per heavy atom. The molecule has 2 aliphatic rings. The lowest BCUT2D eigenvalue weighted by Gasteiger charge is -2.37. The van der Waals surface area contributed by atoms with Gasteiger partial charge in [0.05, 0.1) is 21.8 Å². The summed E-state index contributed by atoms with van der Waals surface area (Å²) >= 11 is 0. The molecule has 0 fully saturated rings. The Hall–Kier alpha value is -3.14. The first kappa shape index (κ1) is 16.7. The van der Waals surface area contributed by atoms with Crippen molar-refractivity contribution in [1.82, 2.24) is 0 Å². The number of nitrogens with two attached hydrogens (primary N) is 1. The second-order valence-corrected chi connectivity index (χ2v) is 7.03. The van der Waals surface area contributed by atoms with Gasteiger partial charge in [-0.05, 0) is 5.41 Å². The SMILES string of the molecule is CC1(C)CC(=O)C2=C(C1)OC(c1cccc([N+](=O)[O-])c1)C(C#N)=C2N. The van der Waals surface area contributed by atoms with Gasteiger partial charge in [0.25, 0.3) is 5.69 Å². The first-order valence-electron chi connectivity index (χ1n) is 7.81. The molecule has 25 heavy (non-hydrogen) atoms. The number of carbonyl (C=O) groups excluding carboxylic acids is 1. The van der Waals surface area contributed by atoms with E-state index in [2.05, 4.69) is 0 Å². The number of hydrogen-bond acceptors (Lipinski definition) is 6.